The summed E-state index contributed by atoms with van der Waals surface area (Å²) in [5, 5.41) is 11.6. The lowest BCUT2D eigenvalue weighted by molar-refractivity contribution is -0.118. The minimum absolute atomic E-state index is 0.0332. The summed E-state index contributed by atoms with van der Waals surface area (Å²) in [4.78, 5) is 11.7. The minimum Gasteiger partial charge on any atom is -0.379 e. The van der Waals surface area contributed by atoms with Crippen molar-refractivity contribution in [1.82, 2.24) is 0 Å². The number of nitriles is 1. The number of amides is 1. The van der Waals surface area contributed by atoms with Crippen LogP contribution in [0.2, 0.25) is 0 Å². The topological polar surface area (TPSA) is 71.3 Å². The van der Waals surface area contributed by atoms with Gasteiger partial charge in [-0.15, -0.1) is 0 Å². The van der Waals surface area contributed by atoms with Gasteiger partial charge in [-0.3, -0.25) is 4.79 Å². The summed E-state index contributed by atoms with van der Waals surface area (Å²) in [6.45, 7) is 5.33. The Morgan fingerprint density at radius 2 is 2.20 bits per heavy atom. The van der Waals surface area contributed by atoms with Crippen LogP contribution >= 0.6 is 0 Å². The molecule has 0 aliphatic heterocycles. The normalized spacial score (nSPS) is 11.7. The Bertz CT molecular complexity index is 468. The van der Waals surface area contributed by atoms with E-state index in [1.54, 1.807) is 24.3 Å². The summed E-state index contributed by atoms with van der Waals surface area (Å²) in [5.74, 6) is -0.170. The van der Waals surface area contributed by atoms with Gasteiger partial charge in [0.25, 0.3) is 0 Å². The van der Waals surface area contributed by atoms with Crippen LogP contribution < -0.4 is 5.32 Å². The molecule has 0 aromatic heterocycles. The van der Waals surface area contributed by atoms with E-state index in [0.29, 0.717) is 31.1 Å². The molecule has 0 aliphatic rings. The highest BCUT2D eigenvalue weighted by Crippen LogP contribution is 2.13. The zero-order valence-corrected chi connectivity index (χ0v) is 11.9. The van der Waals surface area contributed by atoms with Gasteiger partial charge in [0.15, 0.2) is 0 Å². The van der Waals surface area contributed by atoms with Crippen molar-refractivity contribution >= 4 is 11.6 Å². The van der Waals surface area contributed by atoms with E-state index in [-0.39, 0.29) is 18.4 Å². The largest absolute Gasteiger partial charge is 0.379 e. The molecule has 0 fully saturated rings. The van der Waals surface area contributed by atoms with E-state index >= 15 is 0 Å². The fourth-order valence-corrected chi connectivity index (χ4v) is 1.59. The van der Waals surface area contributed by atoms with Gasteiger partial charge in [-0.25, -0.2) is 0 Å². The Morgan fingerprint density at radius 3 is 2.90 bits per heavy atom. The smallest absolute Gasteiger partial charge is 0.226 e. The molecule has 1 atom stereocenters. The van der Waals surface area contributed by atoms with E-state index in [1.807, 2.05) is 19.9 Å². The zero-order valence-electron chi connectivity index (χ0n) is 11.9. The summed E-state index contributed by atoms with van der Waals surface area (Å²) in [7, 11) is 0. The monoisotopic (exact) mass is 276 g/mol. The first kappa shape index (κ1) is 16.2. The van der Waals surface area contributed by atoms with Crippen molar-refractivity contribution in [3.05, 3.63) is 29.8 Å². The number of nitrogens with zero attached hydrogens (tertiary/aromatic N) is 1. The number of benzene rings is 1. The first-order valence-electron chi connectivity index (χ1n) is 6.65. The van der Waals surface area contributed by atoms with Crippen LogP contribution in [0.1, 0.15) is 25.8 Å². The average Bonchev–Trinajstić information content (AvgIpc) is 2.45. The number of nitrogens with one attached hydrogen (secondary N) is 1. The van der Waals surface area contributed by atoms with Crippen molar-refractivity contribution < 1.29 is 14.3 Å². The van der Waals surface area contributed by atoms with Gasteiger partial charge < -0.3 is 14.8 Å². The van der Waals surface area contributed by atoms with Crippen molar-refractivity contribution in [3.8, 4) is 6.07 Å². The predicted molar refractivity (Wildman–Crippen MR) is 76.3 cm³/mol. The first-order valence-corrected chi connectivity index (χ1v) is 6.65. The van der Waals surface area contributed by atoms with E-state index in [0.717, 1.165) is 0 Å². The molecule has 0 saturated carbocycles. The lowest BCUT2D eigenvalue weighted by atomic mass is 10.2. The van der Waals surface area contributed by atoms with Gasteiger partial charge >= 0.3 is 0 Å². The Kier molecular flexibility index (Phi) is 7.33. The third kappa shape index (κ3) is 5.83. The minimum atomic E-state index is -0.170. The summed E-state index contributed by atoms with van der Waals surface area (Å²) in [6.07, 6.45) is 0.213. The van der Waals surface area contributed by atoms with Crippen LogP contribution in [-0.4, -0.2) is 31.8 Å². The van der Waals surface area contributed by atoms with Gasteiger partial charge in [-0.2, -0.15) is 5.26 Å². The molecule has 0 spiro atoms. The SMILES string of the molecule is CCOCC(C)OCCC(=O)Nc1ccccc1C#N. The van der Waals surface area contributed by atoms with Crippen LogP contribution in [-0.2, 0) is 14.3 Å². The van der Waals surface area contributed by atoms with Crippen LogP contribution in [0.25, 0.3) is 0 Å². The number of rotatable bonds is 8. The summed E-state index contributed by atoms with van der Waals surface area (Å²) in [6, 6.07) is 8.93. The molecule has 1 aromatic rings. The molecule has 1 N–H and O–H groups in total. The molecular weight excluding hydrogens is 256 g/mol. The van der Waals surface area contributed by atoms with Crippen molar-refractivity contribution in [3.63, 3.8) is 0 Å². The van der Waals surface area contributed by atoms with Crippen molar-refractivity contribution in [2.24, 2.45) is 0 Å². The fourth-order valence-electron chi connectivity index (χ4n) is 1.59. The lowest BCUT2D eigenvalue weighted by Crippen LogP contribution is -2.20. The fraction of sp³-hybridized carbons (Fsp3) is 0.467. The summed E-state index contributed by atoms with van der Waals surface area (Å²) in [5.41, 5.74) is 0.980. The standard InChI is InChI=1S/C15H20N2O3/c1-3-19-11-12(2)20-9-8-15(18)17-14-7-5-4-6-13(14)10-16/h4-7,12H,3,8-9,11H2,1-2H3,(H,17,18). The highest BCUT2D eigenvalue weighted by molar-refractivity contribution is 5.92. The quantitative estimate of drug-likeness (QED) is 0.791. The Balaban J connectivity index is 2.32. The second-order valence-electron chi connectivity index (χ2n) is 4.30. The molecule has 5 heteroatoms. The average molecular weight is 276 g/mol. The van der Waals surface area contributed by atoms with Crippen LogP contribution in [0, 0.1) is 11.3 Å². The predicted octanol–water partition coefficient (Wildman–Crippen LogP) is 2.33. The molecule has 5 nitrogen and oxygen atoms in total. The van der Waals surface area contributed by atoms with E-state index < -0.39 is 0 Å². The number of para-hydroxylation sites is 1. The van der Waals surface area contributed by atoms with Crippen LogP contribution in [0.3, 0.4) is 0 Å². The number of hydrogen-bond acceptors (Lipinski definition) is 4. The van der Waals surface area contributed by atoms with Gasteiger partial charge in [0.2, 0.25) is 5.91 Å². The Morgan fingerprint density at radius 1 is 1.45 bits per heavy atom. The van der Waals surface area contributed by atoms with Gasteiger partial charge in [-0.1, -0.05) is 12.1 Å². The molecule has 0 radical (unpaired) electrons. The number of anilines is 1. The molecule has 1 unspecified atom stereocenters. The van der Waals surface area contributed by atoms with Crippen LogP contribution in [0.5, 0.6) is 0 Å². The molecular formula is C15H20N2O3. The molecule has 0 saturated heterocycles. The Labute approximate surface area is 119 Å². The molecule has 108 valence electrons. The molecule has 0 aliphatic carbocycles. The summed E-state index contributed by atoms with van der Waals surface area (Å²) < 4.78 is 10.7. The molecule has 1 rings (SSSR count). The number of carbonyl (C=O) groups excluding carboxylic acids is 1. The van der Waals surface area contributed by atoms with E-state index in [2.05, 4.69) is 5.32 Å². The number of ether oxygens (including phenoxy) is 2. The first-order chi connectivity index (χ1) is 9.67. The van der Waals surface area contributed by atoms with Crippen molar-refractivity contribution in [2.45, 2.75) is 26.4 Å². The van der Waals surface area contributed by atoms with Gasteiger partial charge in [0, 0.05) is 6.61 Å². The highest BCUT2D eigenvalue weighted by atomic mass is 16.5. The third-order valence-electron chi connectivity index (χ3n) is 2.61. The lowest BCUT2D eigenvalue weighted by Gasteiger charge is -2.12. The van der Waals surface area contributed by atoms with Gasteiger partial charge in [-0.05, 0) is 26.0 Å². The maximum atomic E-state index is 11.7. The number of hydrogen-bond donors (Lipinski definition) is 1. The number of carbonyl (C=O) groups is 1. The van der Waals surface area contributed by atoms with Crippen molar-refractivity contribution in [2.75, 3.05) is 25.1 Å². The van der Waals surface area contributed by atoms with Crippen LogP contribution in [0.4, 0.5) is 5.69 Å². The molecule has 1 amide bonds. The molecule has 0 heterocycles. The van der Waals surface area contributed by atoms with E-state index in [9.17, 15) is 4.79 Å². The second kappa shape index (κ2) is 9.08. The maximum Gasteiger partial charge on any atom is 0.226 e. The second-order valence-corrected chi connectivity index (χ2v) is 4.30. The Hall–Kier alpha value is -1.90. The highest BCUT2D eigenvalue weighted by Gasteiger charge is 2.07. The summed E-state index contributed by atoms with van der Waals surface area (Å²) >= 11 is 0. The molecule has 1 aromatic carbocycles. The van der Waals surface area contributed by atoms with Gasteiger partial charge in [0.05, 0.1) is 37.0 Å². The van der Waals surface area contributed by atoms with Gasteiger partial charge in [0.1, 0.15) is 6.07 Å². The maximum absolute atomic E-state index is 11.7. The molecule has 0 bridgehead atoms. The molecule has 20 heavy (non-hydrogen) atoms. The van der Waals surface area contributed by atoms with Crippen molar-refractivity contribution in [1.29, 1.82) is 5.26 Å². The third-order valence-corrected chi connectivity index (χ3v) is 2.61. The van der Waals surface area contributed by atoms with Crippen LogP contribution in [0.15, 0.2) is 24.3 Å². The van der Waals surface area contributed by atoms with E-state index in [1.165, 1.54) is 0 Å². The zero-order chi connectivity index (χ0) is 14.8. The van der Waals surface area contributed by atoms with E-state index in [4.69, 9.17) is 14.7 Å².